The van der Waals surface area contributed by atoms with Crippen molar-refractivity contribution >= 4 is 48.0 Å². The molecule has 3 fully saturated rings. The van der Waals surface area contributed by atoms with Crippen molar-refractivity contribution in [1.82, 2.24) is 10.2 Å². The number of methoxy groups -OCH3 is 1. The van der Waals surface area contributed by atoms with Gasteiger partial charge < -0.3 is 35.0 Å². The summed E-state index contributed by atoms with van der Waals surface area (Å²) in [6, 6.07) is 19.6. The number of nitrogens with zero attached hydrogens (tertiary/aromatic N) is 3. The van der Waals surface area contributed by atoms with E-state index in [-0.39, 0.29) is 60.5 Å². The highest BCUT2D eigenvalue weighted by atomic mass is 28.3. The molecule has 3 amide bonds. The van der Waals surface area contributed by atoms with Crippen LogP contribution in [0.2, 0.25) is 18.6 Å². The standard InChI is InChI=1S/C41H51N5O8Si/c1-26-38(55(3,4)33-16-14-32(53-2)15-17-33)36(22-37(48)44-20-6-8-31(44)25-47)54-41(26)34-21-30(46(51)52)13-18-35(34)45(40(41)50)24-27-9-11-29(12-10-27)43-39(49)28-7-5-19-42-23-28/h9-18,21,26,28,31,36,38,42,47H,5-8,19-20,22-25H2,1-4H3,(H,43,49)/t26-,28?,31-,36+,38-,41+/m0/s1. The molecule has 292 valence electrons. The predicted molar refractivity (Wildman–Crippen MR) is 211 cm³/mol. The summed E-state index contributed by atoms with van der Waals surface area (Å²) in [5.74, 6) is -0.328. The van der Waals surface area contributed by atoms with Crippen LogP contribution in [-0.2, 0) is 31.3 Å². The first-order valence-electron chi connectivity index (χ1n) is 19.3. The lowest BCUT2D eigenvalue weighted by Gasteiger charge is -2.37. The first-order chi connectivity index (χ1) is 26.4. The molecule has 14 heteroatoms. The van der Waals surface area contributed by atoms with E-state index < -0.39 is 30.6 Å². The molecular formula is C41H51N5O8Si. The molecule has 55 heavy (non-hydrogen) atoms. The Bertz CT molecular complexity index is 1940. The van der Waals surface area contributed by atoms with E-state index in [0.717, 1.165) is 48.7 Å². The molecule has 6 atom stereocenters. The number of hydrogen-bond acceptors (Lipinski definition) is 9. The maximum Gasteiger partial charge on any atom is 0.269 e. The summed E-state index contributed by atoms with van der Waals surface area (Å²) in [5.41, 5.74) is 0.433. The first kappa shape index (κ1) is 38.6. The van der Waals surface area contributed by atoms with E-state index in [4.69, 9.17) is 9.47 Å². The van der Waals surface area contributed by atoms with Gasteiger partial charge in [-0.1, -0.05) is 49.5 Å². The third kappa shape index (κ3) is 7.05. The Labute approximate surface area is 322 Å². The Balaban J connectivity index is 1.24. The number of aliphatic hydroxyl groups excluding tert-OH is 1. The average Bonchev–Trinajstić information content (AvgIpc) is 3.86. The fourth-order valence-electron chi connectivity index (χ4n) is 9.61. The molecule has 0 aromatic heterocycles. The second-order valence-corrected chi connectivity index (χ2v) is 20.7. The van der Waals surface area contributed by atoms with Crippen LogP contribution in [-0.4, -0.2) is 86.2 Å². The van der Waals surface area contributed by atoms with Crippen LogP contribution in [0.15, 0.2) is 66.7 Å². The minimum absolute atomic E-state index is 0.0154. The summed E-state index contributed by atoms with van der Waals surface area (Å²) in [4.78, 5) is 57.2. The van der Waals surface area contributed by atoms with Crippen LogP contribution in [0.1, 0.15) is 50.2 Å². The SMILES string of the molecule is COc1ccc([Si](C)(C)[C@@H]2[C@@H](CC(=O)N3CCC[C@H]3CO)O[C@]3(C(=O)N(Cc4ccc(NC(=O)C5CCCNC5)cc4)c4ccc([N+](=O)[O-])cc43)[C@H]2C)cc1. The topological polar surface area (TPSA) is 164 Å². The van der Waals surface area contributed by atoms with Crippen molar-refractivity contribution in [3.05, 3.63) is 88.0 Å². The Morgan fingerprint density at radius 3 is 2.49 bits per heavy atom. The Hall–Kier alpha value is -4.63. The maximum atomic E-state index is 15.2. The molecule has 13 nitrogen and oxygen atoms in total. The van der Waals surface area contributed by atoms with Crippen LogP contribution in [0.4, 0.5) is 17.1 Å². The van der Waals surface area contributed by atoms with Crippen molar-refractivity contribution in [1.29, 1.82) is 0 Å². The Morgan fingerprint density at radius 1 is 1.09 bits per heavy atom. The number of benzene rings is 3. The molecule has 4 aliphatic rings. The minimum atomic E-state index is -2.59. The number of fused-ring (bicyclic) bond motifs is 2. The van der Waals surface area contributed by atoms with Gasteiger partial charge in [-0.3, -0.25) is 24.5 Å². The zero-order valence-corrected chi connectivity index (χ0v) is 33.0. The van der Waals surface area contributed by atoms with E-state index in [1.54, 1.807) is 23.0 Å². The molecule has 0 bridgehead atoms. The number of nitro groups is 1. The largest absolute Gasteiger partial charge is 0.497 e. The third-order valence-corrected chi connectivity index (χ3v) is 16.9. The highest BCUT2D eigenvalue weighted by Gasteiger charge is 2.67. The Kier molecular flexibility index (Phi) is 10.9. The number of nitrogens with one attached hydrogen (secondary N) is 2. The van der Waals surface area contributed by atoms with Crippen molar-refractivity contribution in [3.8, 4) is 5.75 Å². The number of aliphatic hydroxyl groups is 1. The van der Waals surface area contributed by atoms with Gasteiger partial charge in [0.1, 0.15) is 5.75 Å². The summed E-state index contributed by atoms with van der Waals surface area (Å²) in [5, 5.41) is 29.6. The summed E-state index contributed by atoms with van der Waals surface area (Å²) < 4.78 is 12.5. The Morgan fingerprint density at radius 2 is 1.84 bits per heavy atom. The lowest BCUT2D eigenvalue weighted by molar-refractivity contribution is -0.385. The first-order valence-corrected chi connectivity index (χ1v) is 22.4. The summed E-state index contributed by atoms with van der Waals surface area (Å²) in [7, 11) is -0.977. The van der Waals surface area contributed by atoms with E-state index in [1.165, 1.54) is 12.1 Å². The van der Waals surface area contributed by atoms with E-state index in [1.807, 2.05) is 55.5 Å². The maximum absolute atomic E-state index is 15.2. The number of anilines is 2. The fraction of sp³-hybridized carbons (Fsp3) is 0.488. The molecule has 3 aromatic carbocycles. The molecule has 0 radical (unpaired) electrons. The molecule has 3 N–H and O–H groups in total. The summed E-state index contributed by atoms with van der Waals surface area (Å²) >= 11 is 0. The van der Waals surface area contributed by atoms with E-state index >= 15 is 4.79 Å². The van der Waals surface area contributed by atoms with E-state index in [9.17, 15) is 24.8 Å². The lowest BCUT2D eigenvalue weighted by atomic mass is 9.82. The molecule has 1 unspecified atom stereocenters. The molecule has 0 saturated carbocycles. The highest BCUT2D eigenvalue weighted by molar-refractivity contribution is 6.91. The number of rotatable bonds is 11. The van der Waals surface area contributed by atoms with Crippen molar-refractivity contribution in [3.63, 3.8) is 0 Å². The number of amides is 3. The van der Waals surface area contributed by atoms with E-state index in [0.29, 0.717) is 30.0 Å². The number of piperidine rings is 1. The molecule has 1 spiro atoms. The highest BCUT2D eigenvalue weighted by Crippen LogP contribution is 2.60. The molecular weight excluding hydrogens is 719 g/mol. The minimum Gasteiger partial charge on any atom is -0.497 e. The van der Waals surface area contributed by atoms with E-state index in [2.05, 4.69) is 23.7 Å². The van der Waals surface area contributed by atoms with Crippen molar-refractivity contribution in [2.45, 2.75) is 82.0 Å². The normalized spacial score (nSPS) is 26.3. The van der Waals surface area contributed by atoms with Crippen molar-refractivity contribution in [2.75, 3.05) is 43.6 Å². The molecule has 4 aliphatic heterocycles. The van der Waals surface area contributed by atoms with Gasteiger partial charge in [-0.25, -0.2) is 0 Å². The number of ether oxygens (including phenoxy) is 2. The molecule has 3 saturated heterocycles. The summed E-state index contributed by atoms with van der Waals surface area (Å²) in [6.45, 7) is 8.59. The number of carbonyl (C=O) groups is 3. The van der Waals surface area contributed by atoms with Gasteiger partial charge in [-0.05, 0) is 73.7 Å². The van der Waals surface area contributed by atoms with Crippen LogP contribution >= 0.6 is 0 Å². The second-order valence-electron chi connectivity index (χ2n) is 16.0. The van der Waals surface area contributed by atoms with Crippen LogP contribution in [0, 0.1) is 22.0 Å². The zero-order valence-electron chi connectivity index (χ0n) is 32.0. The number of carbonyl (C=O) groups excluding carboxylic acids is 3. The molecule has 4 heterocycles. The smallest absolute Gasteiger partial charge is 0.269 e. The van der Waals surface area contributed by atoms with Crippen molar-refractivity contribution < 1.29 is 33.9 Å². The lowest BCUT2D eigenvalue weighted by Crippen LogP contribution is -2.52. The second kappa shape index (κ2) is 15.5. The summed E-state index contributed by atoms with van der Waals surface area (Å²) in [6.07, 6.45) is 2.65. The number of nitro benzene ring substituents is 1. The van der Waals surface area contributed by atoms with Crippen LogP contribution < -0.4 is 25.5 Å². The molecule has 3 aromatic rings. The van der Waals surface area contributed by atoms with Gasteiger partial charge in [0, 0.05) is 42.4 Å². The number of non-ortho nitro benzene ring substituents is 1. The zero-order chi connectivity index (χ0) is 39.1. The van der Waals surface area contributed by atoms with Gasteiger partial charge in [0.25, 0.3) is 11.6 Å². The van der Waals surface area contributed by atoms with Crippen LogP contribution in [0.3, 0.4) is 0 Å². The average molecular weight is 770 g/mol. The van der Waals surface area contributed by atoms with Gasteiger partial charge >= 0.3 is 0 Å². The van der Waals surface area contributed by atoms with Crippen LogP contribution in [0.25, 0.3) is 0 Å². The van der Waals surface area contributed by atoms with Gasteiger partial charge in [-0.2, -0.15) is 0 Å². The fourth-order valence-corrected chi connectivity index (χ4v) is 13.6. The van der Waals surface area contributed by atoms with Gasteiger partial charge in [0.05, 0.1) is 63.4 Å². The number of likely N-dealkylation sites (tertiary alicyclic amines) is 1. The predicted octanol–water partition coefficient (Wildman–Crippen LogP) is 4.68. The molecule has 7 rings (SSSR count). The van der Waals surface area contributed by atoms with Gasteiger partial charge in [0.2, 0.25) is 11.8 Å². The third-order valence-electron chi connectivity index (χ3n) is 12.5. The quantitative estimate of drug-likeness (QED) is 0.143. The number of hydrogen-bond donors (Lipinski definition) is 3. The monoisotopic (exact) mass is 769 g/mol. The van der Waals surface area contributed by atoms with Gasteiger partial charge in [-0.15, -0.1) is 0 Å². The van der Waals surface area contributed by atoms with Crippen molar-refractivity contribution in [2.24, 2.45) is 11.8 Å². The van der Waals surface area contributed by atoms with Gasteiger partial charge in [0.15, 0.2) is 5.60 Å². The molecule has 0 aliphatic carbocycles. The van der Waals surface area contributed by atoms with Crippen LogP contribution in [0.5, 0.6) is 5.75 Å².